The van der Waals surface area contributed by atoms with Crippen molar-refractivity contribution in [3.8, 4) is 0 Å². The zero-order chi connectivity index (χ0) is 12.9. The predicted octanol–water partition coefficient (Wildman–Crippen LogP) is 0.872. The van der Waals surface area contributed by atoms with Crippen LogP contribution in [0.4, 0.5) is 4.79 Å². The van der Waals surface area contributed by atoms with Gasteiger partial charge in [-0.05, 0) is 46.1 Å². The number of rotatable bonds is 3. The van der Waals surface area contributed by atoms with Gasteiger partial charge in [-0.3, -0.25) is 0 Å². The minimum absolute atomic E-state index is 0.156. The predicted molar refractivity (Wildman–Crippen MR) is 65.8 cm³/mol. The summed E-state index contributed by atoms with van der Waals surface area (Å²) < 4.78 is 5.17. The van der Waals surface area contributed by atoms with E-state index >= 15 is 0 Å². The van der Waals surface area contributed by atoms with E-state index in [9.17, 15) is 4.79 Å². The van der Waals surface area contributed by atoms with Gasteiger partial charge in [0.15, 0.2) is 0 Å². The van der Waals surface area contributed by atoms with Crippen LogP contribution in [0.15, 0.2) is 0 Å². The average Bonchev–Trinajstić information content (AvgIpc) is 2.24. The first kappa shape index (κ1) is 14.3. The van der Waals surface area contributed by atoms with Crippen molar-refractivity contribution in [1.29, 1.82) is 0 Å². The highest BCUT2D eigenvalue weighted by Crippen LogP contribution is 2.15. The van der Waals surface area contributed by atoms with Crippen LogP contribution in [0.2, 0.25) is 0 Å². The molecule has 0 radical (unpaired) electrons. The summed E-state index contributed by atoms with van der Waals surface area (Å²) >= 11 is 0. The van der Waals surface area contributed by atoms with E-state index in [2.05, 4.69) is 10.6 Å². The van der Waals surface area contributed by atoms with E-state index in [1.807, 2.05) is 20.8 Å². The standard InChI is InChI=1S/C12H24N2O3/c1-12(2,3)17-11(16)14-7-9-4-5-13-10(6-9)8-15/h9-10,13,15H,4-8H2,1-3H3,(H,14,16). The van der Waals surface area contributed by atoms with Crippen molar-refractivity contribution in [3.63, 3.8) is 0 Å². The van der Waals surface area contributed by atoms with Crippen LogP contribution in [0, 0.1) is 5.92 Å². The first-order valence-electron chi connectivity index (χ1n) is 6.22. The molecule has 100 valence electrons. The third kappa shape index (κ3) is 5.89. The van der Waals surface area contributed by atoms with Crippen molar-refractivity contribution in [2.45, 2.75) is 45.3 Å². The van der Waals surface area contributed by atoms with Gasteiger partial charge in [-0.15, -0.1) is 0 Å². The molecule has 1 heterocycles. The number of amides is 1. The second-order valence-electron chi connectivity index (χ2n) is 5.61. The number of carbonyl (C=O) groups excluding carboxylic acids is 1. The van der Waals surface area contributed by atoms with Crippen LogP contribution in [-0.4, -0.2) is 42.5 Å². The van der Waals surface area contributed by atoms with Gasteiger partial charge in [0.05, 0.1) is 6.61 Å². The number of aliphatic hydroxyl groups is 1. The van der Waals surface area contributed by atoms with Crippen molar-refractivity contribution in [1.82, 2.24) is 10.6 Å². The Hall–Kier alpha value is -0.810. The van der Waals surface area contributed by atoms with E-state index in [1.54, 1.807) is 0 Å². The van der Waals surface area contributed by atoms with Crippen LogP contribution >= 0.6 is 0 Å². The molecule has 2 atom stereocenters. The minimum Gasteiger partial charge on any atom is -0.444 e. The SMILES string of the molecule is CC(C)(C)OC(=O)NCC1CCNC(CO)C1. The molecule has 0 aromatic carbocycles. The summed E-state index contributed by atoms with van der Waals surface area (Å²) in [6.45, 7) is 7.21. The van der Waals surface area contributed by atoms with Gasteiger partial charge in [0.2, 0.25) is 0 Å². The summed E-state index contributed by atoms with van der Waals surface area (Å²) in [6, 6.07) is 0.161. The van der Waals surface area contributed by atoms with Crippen molar-refractivity contribution in [3.05, 3.63) is 0 Å². The molecule has 1 aliphatic heterocycles. The van der Waals surface area contributed by atoms with E-state index in [1.165, 1.54) is 0 Å². The van der Waals surface area contributed by atoms with Crippen LogP contribution in [0.1, 0.15) is 33.6 Å². The first-order valence-corrected chi connectivity index (χ1v) is 6.22. The Morgan fingerprint density at radius 3 is 2.82 bits per heavy atom. The number of ether oxygens (including phenoxy) is 1. The maximum Gasteiger partial charge on any atom is 0.407 e. The molecule has 1 saturated heterocycles. The summed E-state index contributed by atoms with van der Waals surface area (Å²) in [7, 11) is 0. The molecule has 5 nitrogen and oxygen atoms in total. The van der Waals surface area contributed by atoms with Gasteiger partial charge in [-0.25, -0.2) is 4.79 Å². The molecule has 3 N–H and O–H groups in total. The highest BCUT2D eigenvalue weighted by molar-refractivity contribution is 5.67. The molecular weight excluding hydrogens is 220 g/mol. The summed E-state index contributed by atoms with van der Waals surface area (Å²) in [6.07, 6.45) is 1.55. The molecule has 2 unspecified atom stereocenters. The number of nitrogens with one attached hydrogen (secondary N) is 2. The number of hydrogen-bond donors (Lipinski definition) is 3. The molecule has 0 saturated carbocycles. The fourth-order valence-corrected chi connectivity index (χ4v) is 1.96. The Balaban J connectivity index is 2.23. The van der Waals surface area contributed by atoms with Crippen molar-refractivity contribution in [2.75, 3.05) is 19.7 Å². The lowest BCUT2D eigenvalue weighted by Gasteiger charge is -2.29. The van der Waals surface area contributed by atoms with Gasteiger partial charge in [0, 0.05) is 12.6 Å². The third-order valence-corrected chi connectivity index (χ3v) is 2.76. The van der Waals surface area contributed by atoms with Gasteiger partial charge in [-0.2, -0.15) is 0 Å². The largest absolute Gasteiger partial charge is 0.444 e. The van der Waals surface area contributed by atoms with E-state index in [-0.39, 0.29) is 18.7 Å². The summed E-state index contributed by atoms with van der Waals surface area (Å²) in [5.41, 5.74) is -0.453. The normalized spacial score (nSPS) is 25.4. The Kier molecular flexibility index (Phi) is 5.21. The highest BCUT2D eigenvalue weighted by atomic mass is 16.6. The lowest BCUT2D eigenvalue weighted by molar-refractivity contribution is 0.0512. The Morgan fingerprint density at radius 1 is 1.53 bits per heavy atom. The molecule has 1 fully saturated rings. The van der Waals surface area contributed by atoms with Crippen LogP contribution in [0.3, 0.4) is 0 Å². The van der Waals surface area contributed by atoms with E-state index in [0.29, 0.717) is 12.5 Å². The van der Waals surface area contributed by atoms with E-state index < -0.39 is 5.60 Å². The molecule has 0 aliphatic carbocycles. The number of piperidine rings is 1. The quantitative estimate of drug-likeness (QED) is 0.689. The molecule has 0 spiro atoms. The van der Waals surface area contributed by atoms with E-state index in [4.69, 9.17) is 9.84 Å². The number of aliphatic hydroxyl groups excluding tert-OH is 1. The van der Waals surface area contributed by atoms with Crippen LogP contribution in [0.5, 0.6) is 0 Å². The summed E-state index contributed by atoms with van der Waals surface area (Å²) in [5.74, 6) is 0.418. The van der Waals surface area contributed by atoms with Gasteiger partial charge in [0.25, 0.3) is 0 Å². The maximum atomic E-state index is 11.5. The molecular formula is C12H24N2O3. The van der Waals surface area contributed by atoms with Crippen LogP contribution < -0.4 is 10.6 Å². The zero-order valence-electron chi connectivity index (χ0n) is 11.0. The first-order chi connectivity index (χ1) is 7.90. The fourth-order valence-electron chi connectivity index (χ4n) is 1.96. The lowest BCUT2D eigenvalue weighted by Crippen LogP contribution is -2.44. The van der Waals surface area contributed by atoms with Crippen LogP contribution in [0.25, 0.3) is 0 Å². The number of carbonyl (C=O) groups is 1. The van der Waals surface area contributed by atoms with Crippen molar-refractivity contribution >= 4 is 6.09 Å². The third-order valence-electron chi connectivity index (χ3n) is 2.76. The summed E-state index contributed by atoms with van der Waals surface area (Å²) in [4.78, 5) is 11.5. The fraction of sp³-hybridized carbons (Fsp3) is 0.917. The average molecular weight is 244 g/mol. The monoisotopic (exact) mass is 244 g/mol. The minimum atomic E-state index is -0.453. The number of hydrogen-bond acceptors (Lipinski definition) is 4. The molecule has 1 aliphatic rings. The molecule has 5 heteroatoms. The maximum absolute atomic E-state index is 11.5. The topological polar surface area (TPSA) is 70.6 Å². The second-order valence-corrected chi connectivity index (χ2v) is 5.61. The second kappa shape index (κ2) is 6.21. The lowest BCUT2D eigenvalue weighted by atomic mass is 9.93. The Labute approximate surface area is 103 Å². The van der Waals surface area contributed by atoms with Gasteiger partial charge < -0.3 is 20.5 Å². The Bertz CT molecular complexity index is 251. The van der Waals surface area contributed by atoms with Gasteiger partial charge in [0.1, 0.15) is 5.60 Å². The summed E-state index contributed by atoms with van der Waals surface area (Å²) in [5, 5.41) is 15.1. The smallest absolute Gasteiger partial charge is 0.407 e. The van der Waals surface area contributed by atoms with Crippen molar-refractivity contribution < 1.29 is 14.6 Å². The number of alkyl carbamates (subject to hydrolysis) is 1. The molecule has 17 heavy (non-hydrogen) atoms. The van der Waals surface area contributed by atoms with Gasteiger partial charge in [-0.1, -0.05) is 0 Å². The van der Waals surface area contributed by atoms with E-state index in [0.717, 1.165) is 19.4 Å². The zero-order valence-corrected chi connectivity index (χ0v) is 11.0. The molecule has 1 rings (SSSR count). The molecule has 0 aromatic heterocycles. The highest BCUT2D eigenvalue weighted by Gasteiger charge is 2.22. The molecule has 0 aromatic rings. The molecule has 1 amide bonds. The molecule has 0 bridgehead atoms. The Morgan fingerprint density at radius 2 is 2.24 bits per heavy atom. The van der Waals surface area contributed by atoms with Crippen LogP contribution in [-0.2, 0) is 4.74 Å². The van der Waals surface area contributed by atoms with Crippen molar-refractivity contribution in [2.24, 2.45) is 5.92 Å². The van der Waals surface area contributed by atoms with Gasteiger partial charge >= 0.3 is 6.09 Å².